The van der Waals surface area contributed by atoms with Gasteiger partial charge in [0.25, 0.3) is 0 Å². The lowest BCUT2D eigenvalue weighted by Gasteiger charge is -2.29. The van der Waals surface area contributed by atoms with Crippen LogP contribution in [0.3, 0.4) is 0 Å². The molecule has 0 saturated heterocycles. The zero-order valence-electron chi connectivity index (χ0n) is 19.7. The van der Waals surface area contributed by atoms with Crippen LogP contribution in [0.15, 0.2) is 63.4 Å². The molecule has 30 heavy (non-hydrogen) atoms. The van der Waals surface area contributed by atoms with Gasteiger partial charge in [-0.05, 0) is 53.7 Å². The molecule has 0 amide bonds. The van der Waals surface area contributed by atoms with Gasteiger partial charge in [-0.1, -0.05) is 84.0 Å². The van der Waals surface area contributed by atoms with Gasteiger partial charge in [0.15, 0.2) is 0 Å². The molecule has 0 bridgehead atoms. The van der Waals surface area contributed by atoms with E-state index < -0.39 is 0 Å². The summed E-state index contributed by atoms with van der Waals surface area (Å²) in [5, 5.41) is 12.6. The van der Waals surface area contributed by atoms with Crippen LogP contribution in [0.2, 0.25) is 0 Å². The second kappa shape index (κ2) is 9.41. The van der Waals surface area contributed by atoms with Crippen molar-refractivity contribution >= 4 is 17.4 Å². The van der Waals surface area contributed by atoms with E-state index in [0.717, 1.165) is 29.0 Å². The van der Waals surface area contributed by atoms with Crippen molar-refractivity contribution in [2.75, 3.05) is 0 Å². The van der Waals surface area contributed by atoms with Gasteiger partial charge < -0.3 is 5.73 Å². The third-order valence-corrected chi connectivity index (χ3v) is 5.44. The van der Waals surface area contributed by atoms with Crippen molar-refractivity contribution in [1.29, 1.82) is 0 Å². The summed E-state index contributed by atoms with van der Waals surface area (Å²) in [5.41, 5.74) is 14.2. The van der Waals surface area contributed by atoms with E-state index in [2.05, 4.69) is 105 Å². The molecule has 0 radical (unpaired) electrons. The lowest BCUT2D eigenvalue weighted by Crippen LogP contribution is -2.28. The number of rotatable bonds is 4. The number of nitrogens with one attached hydrogen (secondary N) is 1. The number of nitrogens with zero attached hydrogens (tertiary/aromatic N) is 3. The van der Waals surface area contributed by atoms with E-state index in [-0.39, 0.29) is 16.8 Å². The van der Waals surface area contributed by atoms with Crippen LogP contribution in [0.5, 0.6) is 0 Å². The van der Waals surface area contributed by atoms with Gasteiger partial charge in [0.05, 0.1) is 11.4 Å². The largest absolute Gasteiger partial charge is 0.367 e. The maximum absolute atomic E-state index is 5.93. The Morgan fingerprint density at radius 3 is 2.10 bits per heavy atom. The third kappa shape index (κ3) is 6.68. The van der Waals surface area contributed by atoms with Crippen LogP contribution in [-0.2, 0) is 5.41 Å². The Morgan fingerprint density at radius 2 is 1.60 bits per heavy atom. The van der Waals surface area contributed by atoms with Gasteiger partial charge in [0.1, 0.15) is 0 Å². The van der Waals surface area contributed by atoms with Crippen molar-refractivity contribution in [2.45, 2.75) is 67.2 Å². The highest BCUT2D eigenvalue weighted by atomic mass is 15.4. The average molecular weight is 408 g/mol. The van der Waals surface area contributed by atoms with Gasteiger partial charge in [0, 0.05) is 0 Å². The van der Waals surface area contributed by atoms with Gasteiger partial charge in [-0.15, -0.1) is 5.10 Å². The van der Waals surface area contributed by atoms with Gasteiger partial charge in [-0.3, -0.25) is 0 Å². The first-order valence-corrected chi connectivity index (χ1v) is 10.6. The molecular formula is C25H37N5. The number of hydrogen-bond acceptors (Lipinski definition) is 3. The minimum Gasteiger partial charge on any atom is -0.367 e. The predicted molar refractivity (Wildman–Crippen MR) is 130 cm³/mol. The van der Waals surface area contributed by atoms with Gasteiger partial charge in [-0.2, -0.15) is 10.2 Å². The van der Waals surface area contributed by atoms with Crippen molar-refractivity contribution in [3.05, 3.63) is 59.2 Å². The SMILES string of the molecule is C/C(=N\N=C(N)N/N=C(\C)c1ccc(C(C)(C)C)cc1)C1=CCC(C(C)(C)C)C=C1. The van der Waals surface area contributed by atoms with Crippen LogP contribution in [0.1, 0.15) is 72.9 Å². The molecular weight excluding hydrogens is 370 g/mol. The van der Waals surface area contributed by atoms with E-state index in [1.54, 1.807) is 0 Å². The Kier molecular flexibility index (Phi) is 7.40. The average Bonchev–Trinajstić information content (AvgIpc) is 2.69. The highest BCUT2D eigenvalue weighted by Gasteiger charge is 2.23. The smallest absolute Gasteiger partial charge is 0.234 e. The fourth-order valence-electron chi connectivity index (χ4n) is 3.16. The molecule has 0 heterocycles. The summed E-state index contributed by atoms with van der Waals surface area (Å²) in [6, 6.07) is 8.41. The molecule has 5 heteroatoms. The highest BCUT2D eigenvalue weighted by Crippen LogP contribution is 2.33. The minimum atomic E-state index is 0.130. The van der Waals surface area contributed by atoms with E-state index >= 15 is 0 Å². The number of hydrogen-bond donors (Lipinski definition) is 2. The molecule has 2 rings (SSSR count). The normalized spacial score (nSPS) is 19.0. The van der Waals surface area contributed by atoms with Crippen molar-refractivity contribution in [1.82, 2.24) is 5.43 Å². The minimum absolute atomic E-state index is 0.130. The summed E-state index contributed by atoms with van der Waals surface area (Å²) >= 11 is 0. The Bertz CT molecular complexity index is 885. The number of hydrazone groups is 1. The zero-order valence-corrected chi connectivity index (χ0v) is 19.7. The fourth-order valence-corrected chi connectivity index (χ4v) is 3.16. The number of nitrogens with two attached hydrogens (primary N) is 1. The Hall–Kier alpha value is -2.69. The van der Waals surface area contributed by atoms with Crippen molar-refractivity contribution in [3.8, 4) is 0 Å². The lowest BCUT2D eigenvalue weighted by molar-refractivity contribution is 0.293. The molecule has 5 nitrogen and oxygen atoms in total. The molecule has 1 atom stereocenters. The van der Waals surface area contributed by atoms with Crippen LogP contribution in [-0.4, -0.2) is 17.4 Å². The van der Waals surface area contributed by atoms with E-state index in [1.807, 2.05) is 13.8 Å². The molecule has 0 fully saturated rings. The maximum Gasteiger partial charge on any atom is 0.234 e. The topological polar surface area (TPSA) is 75.1 Å². The van der Waals surface area contributed by atoms with Gasteiger partial charge >= 0.3 is 0 Å². The Morgan fingerprint density at radius 1 is 0.967 bits per heavy atom. The van der Waals surface area contributed by atoms with Crippen LogP contribution < -0.4 is 11.2 Å². The predicted octanol–water partition coefficient (Wildman–Crippen LogP) is 5.54. The molecule has 1 unspecified atom stereocenters. The lowest BCUT2D eigenvalue weighted by atomic mass is 9.76. The monoisotopic (exact) mass is 407 g/mol. The molecule has 0 spiro atoms. The Balaban J connectivity index is 1.99. The first-order chi connectivity index (χ1) is 13.9. The summed E-state index contributed by atoms with van der Waals surface area (Å²) in [4.78, 5) is 0. The molecule has 1 aliphatic carbocycles. The molecule has 1 aliphatic rings. The standard InChI is InChI=1S/C25H37N5/c1-17(19-9-13-21(14-10-19)24(3,4)5)27-29-23(26)30-28-18(2)20-11-15-22(16-12-20)25(6,7)8/h9-15,22H,16H2,1-8H3,(H3,26,29,30)/b27-17+,28-18+. The summed E-state index contributed by atoms with van der Waals surface area (Å²) in [7, 11) is 0. The number of benzene rings is 1. The molecule has 0 aliphatic heterocycles. The van der Waals surface area contributed by atoms with Crippen LogP contribution >= 0.6 is 0 Å². The van der Waals surface area contributed by atoms with Crippen molar-refractivity contribution in [2.24, 2.45) is 32.4 Å². The molecule has 0 saturated carbocycles. The summed E-state index contributed by atoms with van der Waals surface area (Å²) in [5.74, 6) is 0.701. The summed E-state index contributed by atoms with van der Waals surface area (Å²) < 4.78 is 0. The van der Waals surface area contributed by atoms with Crippen molar-refractivity contribution < 1.29 is 0 Å². The Labute approximate surface area is 181 Å². The number of allylic oxidation sites excluding steroid dienone is 4. The highest BCUT2D eigenvalue weighted by molar-refractivity contribution is 6.01. The second-order valence-corrected chi connectivity index (χ2v) is 10.0. The van der Waals surface area contributed by atoms with E-state index in [4.69, 9.17) is 5.73 Å². The van der Waals surface area contributed by atoms with Crippen LogP contribution in [0.4, 0.5) is 0 Å². The quantitative estimate of drug-likeness (QED) is 0.391. The van der Waals surface area contributed by atoms with E-state index in [0.29, 0.717) is 5.92 Å². The summed E-state index contributed by atoms with van der Waals surface area (Å²) in [6.45, 7) is 17.3. The molecule has 1 aromatic carbocycles. The molecule has 1 aromatic rings. The zero-order chi connectivity index (χ0) is 22.5. The van der Waals surface area contributed by atoms with E-state index in [9.17, 15) is 0 Å². The summed E-state index contributed by atoms with van der Waals surface area (Å²) in [6.07, 6.45) is 7.62. The van der Waals surface area contributed by atoms with E-state index in [1.165, 1.54) is 5.56 Å². The fraction of sp³-hybridized carbons (Fsp3) is 0.480. The van der Waals surface area contributed by atoms with Gasteiger partial charge in [-0.25, -0.2) is 5.43 Å². The van der Waals surface area contributed by atoms with Crippen molar-refractivity contribution in [3.63, 3.8) is 0 Å². The maximum atomic E-state index is 5.93. The third-order valence-electron chi connectivity index (χ3n) is 5.44. The second-order valence-electron chi connectivity index (χ2n) is 10.0. The van der Waals surface area contributed by atoms with Gasteiger partial charge in [0.2, 0.25) is 5.96 Å². The molecule has 162 valence electrons. The van der Waals surface area contributed by atoms with Crippen LogP contribution in [0.25, 0.3) is 0 Å². The van der Waals surface area contributed by atoms with Crippen LogP contribution in [0, 0.1) is 11.3 Å². The first kappa shape index (κ1) is 23.6. The number of guanidine groups is 1. The molecule has 0 aromatic heterocycles. The first-order valence-electron chi connectivity index (χ1n) is 10.6. The molecule has 3 N–H and O–H groups in total.